The molecule has 2 saturated heterocycles. The highest BCUT2D eigenvalue weighted by molar-refractivity contribution is 9.10. The molecule has 8 rings (SSSR count). The number of rotatable bonds is 7. The summed E-state index contributed by atoms with van der Waals surface area (Å²) in [7, 11) is 0. The molecule has 2 aromatic heterocycles. The Bertz CT molecular complexity index is 2410. The maximum atomic E-state index is 6.22. The van der Waals surface area contributed by atoms with Gasteiger partial charge in [-0.25, -0.2) is 0 Å². The number of aromatic nitrogens is 4. The molecule has 2 fully saturated rings. The number of nitrogens with zero attached hydrogens (tertiary/aromatic N) is 6. The second kappa shape index (κ2) is 20.1. The first kappa shape index (κ1) is 42.6. The van der Waals surface area contributed by atoms with Gasteiger partial charge in [-0.1, -0.05) is 67.2 Å². The lowest BCUT2D eigenvalue weighted by atomic mass is 10.0. The summed E-state index contributed by atoms with van der Waals surface area (Å²) in [5.74, 6) is 1.89. The van der Waals surface area contributed by atoms with Crippen molar-refractivity contribution in [3.63, 3.8) is 0 Å². The number of thiocarbonyl (C=S) groups is 2. The molecule has 2 aliphatic heterocycles. The number of anilines is 4. The van der Waals surface area contributed by atoms with E-state index >= 15 is 0 Å². The van der Waals surface area contributed by atoms with Crippen LogP contribution < -0.4 is 31.1 Å². The summed E-state index contributed by atoms with van der Waals surface area (Å²) in [6.07, 6.45) is 9.57. The van der Waals surface area contributed by atoms with Gasteiger partial charge in [-0.2, -0.15) is 10.2 Å². The van der Waals surface area contributed by atoms with Crippen molar-refractivity contribution in [2.45, 2.75) is 42.7 Å². The average molecular weight is 1000 g/mol. The highest BCUT2D eigenvalue weighted by atomic mass is 79.9. The highest BCUT2D eigenvalue weighted by Crippen LogP contribution is 2.31. The monoisotopic (exact) mass is 996 g/mol. The van der Waals surface area contributed by atoms with E-state index in [4.69, 9.17) is 47.6 Å². The van der Waals surface area contributed by atoms with Crippen LogP contribution in [0.15, 0.2) is 105 Å². The summed E-state index contributed by atoms with van der Waals surface area (Å²) < 4.78 is 2.09. The number of thioether (sulfide) groups is 1. The minimum Gasteiger partial charge on any atom is -0.360 e. The summed E-state index contributed by atoms with van der Waals surface area (Å²) in [4.78, 5) is 5.82. The Labute approximate surface area is 379 Å². The molecule has 300 valence electrons. The minimum absolute atomic E-state index is 0.279. The third kappa shape index (κ3) is 11.0. The molecule has 17 heteroatoms. The molecule has 0 saturated carbocycles. The standard InChI is InChI=1S/C21H22BrN5S2.C20H18BrCl2N5S/c1-29-18-4-2-3-17(12-18)25-21(28)24-16-7-9-27(10-8-16)20-19-6-5-15(22)11-14(19)13-23-26-20;21-13-4-5-15-12(10-13)11-24-27-19(15)28-8-6-14(7-9-28)25-20(29)26-17-3-1-2-16(22)18(17)23/h2-6,11-13,16H,7-10H2,1H3,(H2,24,25,28);1-5,10-11,14H,6-9H2,(H2,25,26,29). The maximum Gasteiger partial charge on any atom is 0.171 e. The van der Waals surface area contributed by atoms with E-state index in [1.807, 2.05) is 36.5 Å². The van der Waals surface area contributed by atoms with E-state index in [0.717, 1.165) is 99.7 Å². The number of fused-ring (bicyclic) bond motifs is 2. The molecule has 0 radical (unpaired) electrons. The van der Waals surface area contributed by atoms with E-state index < -0.39 is 0 Å². The van der Waals surface area contributed by atoms with Gasteiger partial charge in [-0.3, -0.25) is 0 Å². The average Bonchev–Trinajstić information content (AvgIpc) is 3.23. The van der Waals surface area contributed by atoms with Gasteiger partial charge in [0.05, 0.1) is 28.1 Å². The number of nitrogens with one attached hydrogen (secondary N) is 4. The van der Waals surface area contributed by atoms with Crippen LogP contribution in [0, 0.1) is 0 Å². The van der Waals surface area contributed by atoms with E-state index in [1.54, 1.807) is 24.0 Å². The van der Waals surface area contributed by atoms with E-state index in [1.165, 1.54) is 4.90 Å². The third-order valence-corrected chi connectivity index (χ3v) is 13.0. The first-order chi connectivity index (χ1) is 28.1. The molecule has 4 heterocycles. The minimum atomic E-state index is 0.279. The lowest BCUT2D eigenvalue weighted by Crippen LogP contribution is -2.46. The van der Waals surface area contributed by atoms with Gasteiger partial charge in [0.2, 0.25) is 0 Å². The topological polar surface area (TPSA) is 106 Å². The van der Waals surface area contributed by atoms with Crippen molar-refractivity contribution in [1.82, 2.24) is 31.0 Å². The van der Waals surface area contributed by atoms with Gasteiger partial charge < -0.3 is 31.1 Å². The molecule has 0 unspecified atom stereocenters. The van der Waals surface area contributed by atoms with Crippen molar-refractivity contribution in [2.75, 3.05) is 52.9 Å². The van der Waals surface area contributed by atoms with Crippen LogP contribution >= 0.6 is 91.3 Å². The highest BCUT2D eigenvalue weighted by Gasteiger charge is 2.24. The molecular weight excluding hydrogens is 959 g/mol. The van der Waals surface area contributed by atoms with Crippen LogP contribution in [0.5, 0.6) is 0 Å². The number of benzene rings is 4. The summed E-state index contributed by atoms with van der Waals surface area (Å²) in [6.45, 7) is 3.60. The first-order valence-corrected chi connectivity index (χ1v) is 23.1. The normalized spacial score (nSPS) is 14.8. The molecule has 6 aromatic rings. The van der Waals surface area contributed by atoms with E-state index in [2.05, 4.69) is 132 Å². The van der Waals surface area contributed by atoms with Crippen molar-refractivity contribution >= 4 is 146 Å². The zero-order valence-electron chi connectivity index (χ0n) is 31.4. The smallest absolute Gasteiger partial charge is 0.171 e. The molecule has 58 heavy (non-hydrogen) atoms. The molecule has 4 aromatic carbocycles. The Balaban J connectivity index is 0.000000177. The Morgan fingerprint density at radius 1 is 0.690 bits per heavy atom. The van der Waals surface area contributed by atoms with E-state index in [9.17, 15) is 0 Å². The second-order valence-corrected chi connectivity index (χ2v) is 18.2. The molecule has 0 aliphatic carbocycles. The van der Waals surface area contributed by atoms with Crippen molar-refractivity contribution in [1.29, 1.82) is 0 Å². The Kier molecular flexibility index (Phi) is 14.8. The van der Waals surface area contributed by atoms with Gasteiger partial charge in [-0.05, 0) is 123 Å². The van der Waals surface area contributed by atoms with Gasteiger partial charge in [0, 0.05) is 79.3 Å². The van der Waals surface area contributed by atoms with Crippen molar-refractivity contribution in [3.8, 4) is 0 Å². The first-order valence-electron chi connectivity index (χ1n) is 18.7. The predicted octanol–water partition coefficient (Wildman–Crippen LogP) is 10.7. The lowest BCUT2D eigenvalue weighted by molar-refractivity contribution is 0.466. The number of piperidine rings is 2. The summed E-state index contributed by atoms with van der Waals surface area (Å²) in [5.41, 5.74) is 1.72. The zero-order chi connectivity index (χ0) is 40.6. The molecule has 10 nitrogen and oxygen atoms in total. The summed E-state index contributed by atoms with van der Waals surface area (Å²) in [6, 6.07) is 26.8. The van der Waals surface area contributed by atoms with E-state index in [-0.39, 0.29) is 6.04 Å². The lowest BCUT2D eigenvalue weighted by Gasteiger charge is -2.34. The van der Waals surface area contributed by atoms with Crippen LogP contribution in [0.25, 0.3) is 21.5 Å². The number of hydrogen-bond acceptors (Lipinski definition) is 9. The zero-order valence-corrected chi connectivity index (χ0v) is 38.5. The van der Waals surface area contributed by atoms with Crippen molar-refractivity contribution < 1.29 is 0 Å². The largest absolute Gasteiger partial charge is 0.360 e. The Morgan fingerprint density at radius 2 is 1.21 bits per heavy atom. The fourth-order valence-electron chi connectivity index (χ4n) is 7.02. The second-order valence-electron chi connectivity index (χ2n) is 13.9. The maximum absolute atomic E-state index is 6.22. The van der Waals surface area contributed by atoms with Crippen LogP contribution in [-0.4, -0.2) is 75.1 Å². The molecule has 0 spiro atoms. The number of hydrogen-bond donors (Lipinski definition) is 4. The Hall–Kier alpha value is -3.57. The van der Waals surface area contributed by atoms with Gasteiger partial charge in [0.25, 0.3) is 0 Å². The van der Waals surface area contributed by atoms with Crippen LogP contribution in [-0.2, 0) is 0 Å². The van der Waals surface area contributed by atoms with Crippen molar-refractivity contribution in [3.05, 3.63) is 110 Å². The van der Waals surface area contributed by atoms with Gasteiger partial charge in [0.1, 0.15) is 0 Å². The van der Waals surface area contributed by atoms with Gasteiger partial charge >= 0.3 is 0 Å². The van der Waals surface area contributed by atoms with E-state index in [0.29, 0.717) is 32.0 Å². The molecule has 0 amide bonds. The fourth-order valence-corrected chi connectivity index (χ4v) is 9.15. The molecule has 0 atom stereocenters. The predicted molar refractivity (Wildman–Crippen MR) is 258 cm³/mol. The van der Waals surface area contributed by atoms with Gasteiger partial charge in [0.15, 0.2) is 21.9 Å². The molecule has 2 aliphatic rings. The quantitative estimate of drug-likeness (QED) is 0.0902. The third-order valence-electron chi connectivity index (χ3n) is 9.99. The van der Waals surface area contributed by atoms with Crippen molar-refractivity contribution in [2.24, 2.45) is 0 Å². The van der Waals surface area contributed by atoms with Crippen LogP contribution in [0.4, 0.5) is 23.0 Å². The molecule has 4 N–H and O–H groups in total. The SMILES string of the molecule is CSc1cccc(NC(=S)NC2CCN(c3nncc4cc(Br)ccc34)CC2)c1.S=C(Nc1cccc(Cl)c1Cl)NC1CCN(c2nncc3cc(Br)ccc23)CC1. The van der Waals surface area contributed by atoms with Crippen LogP contribution in [0.1, 0.15) is 25.7 Å². The summed E-state index contributed by atoms with van der Waals surface area (Å²) >= 11 is 32.0. The van der Waals surface area contributed by atoms with Crippen LogP contribution in [0.3, 0.4) is 0 Å². The molecule has 0 bridgehead atoms. The number of halogens is 4. The van der Waals surface area contributed by atoms with Gasteiger partial charge in [-0.15, -0.1) is 22.0 Å². The van der Waals surface area contributed by atoms with Crippen LogP contribution in [0.2, 0.25) is 10.0 Å². The molecular formula is C41H40Br2Cl2N10S3. The fraction of sp³-hybridized carbons (Fsp3) is 0.268. The summed E-state index contributed by atoms with van der Waals surface area (Å²) in [5, 5.41) is 37.1. The Morgan fingerprint density at radius 3 is 1.74 bits per heavy atom.